The molecule has 0 bridgehead atoms. The molecule has 0 aromatic carbocycles. The maximum absolute atomic E-state index is 5.14. The molecule has 0 aliphatic carbocycles. The number of hydrogen-bond donors (Lipinski definition) is 2. The summed E-state index contributed by atoms with van der Waals surface area (Å²) in [7, 11) is 0. The molecule has 4 nitrogen and oxygen atoms in total. The Hall–Kier alpha value is -1.84. The lowest BCUT2D eigenvalue weighted by molar-refractivity contribution is 1.20. The van der Waals surface area contributed by atoms with Crippen molar-refractivity contribution >= 4 is 11.7 Å². The van der Waals surface area contributed by atoms with E-state index in [1.165, 1.54) is 0 Å². The van der Waals surface area contributed by atoms with Crippen LogP contribution in [0.1, 0.15) is 20.8 Å². The van der Waals surface area contributed by atoms with E-state index >= 15 is 0 Å². The molecule has 4 N–H and O–H groups in total. The van der Waals surface area contributed by atoms with Crippen LogP contribution < -0.4 is 11.5 Å². The van der Waals surface area contributed by atoms with Crippen molar-refractivity contribution in [1.82, 2.24) is 0 Å². The Labute approximate surface area is 90.8 Å². The van der Waals surface area contributed by atoms with Gasteiger partial charge < -0.3 is 11.5 Å². The third-order valence-corrected chi connectivity index (χ3v) is 1.53. The van der Waals surface area contributed by atoms with Gasteiger partial charge in [-0.25, -0.2) is 0 Å². The van der Waals surface area contributed by atoms with Crippen molar-refractivity contribution in [2.24, 2.45) is 21.7 Å². The van der Waals surface area contributed by atoms with E-state index in [0.717, 1.165) is 11.3 Å². The van der Waals surface area contributed by atoms with E-state index in [0.29, 0.717) is 0 Å². The number of hydrogen-bond acceptors (Lipinski definition) is 2. The minimum Gasteiger partial charge on any atom is -0.369 e. The molecule has 0 amide bonds. The van der Waals surface area contributed by atoms with Crippen LogP contribution in [0.15, 0.2) is 46.2 Å². The van der Waals surface area contributed by atoms with Gasteiger partial charge in [0.2, 0.25) is 5.96 Å². The monoisotopic (exact) mass is 206 g/mol. The highest BCUT2D eigenvalue weighted by Gasteiger charge is 1.85. The van der Waals surface area contributed by atoms with E-state index in [9.17, 15) is 0 Å². The normalized spacial score (nSPS) is 13.8. The summed E-state index contributed by atoms with van der Waals surface area (Å²) in [6.07, 6.45) is 9.78. The average molecular weight is 206 g/mol. The molecule has 0 saturated carbocycles. The Balaban J connectivity index is 4.52. The summed E-state index contributed by atoms with van der Waals surface area (Å²) in [5.74, 6) is -0.0394. The first kappa shape index (κ1) is 13.2. The number of rotatable bonds is 4. The van der Waals surface area contributed by atoms with Gasteiger partial charge in [0.1, 0.15) is 0 Å². The first-order valence-electron chi connectivity index (χ1n) is 4.70. The van der Waals surface area contributed by atoms with E-state index in [-0.39, 0.29) is 5.96 Å². The summed E-state index contributed by atoms with van der Waals surface area (Å²) in [5.41, 5.74) is 12.1. The third-order valence-electron chi connectivity index (χ3n) is 1.53. The van der Waals surface area contributed by atoms with Gasteiger partial charge >= 0.3 is 0 Å². The lowest BCUT2D eigenvalue weighted by atomic mass is 10.2. The summed E-state index contributed by atoms with van der Waals surface area (Å²) < 4.78 is 0. The Morgan fingerprint density at radius 3 is 2.13 bits per heavy atom. The van der Waals surface area contributed by atoms with Crippen LogP contribution in [0.2, 0.25) is 0 Å². The fourth-order valence-electron chi connectivity index (χ4n) is 0.827. The van der Waals surface area contributed by atoms with Crippen molar-refractivity contribution in [1.29, 1.82) is 0 Å². The summed E-state index contributed by atoms with van der Waals surface area (Å²) in [4.78, 5) is 0. The Kier molecular flexibility index (Phi) is 6.63. The number of nitrogens with two attached hydrogens (primary N) is 2. The van der Waals surface area contributed by atoms with Crippen LogP contribution in [0.3, 0.4) is 0 Å². The highest BCUT2D eigenvalue weighted by molar-refractivity contribution is 5.93. The molecule has 0 fully saturated rings. The van der Waals surface area contributed by atoms with E-state index < -0.39 is 0 Å². The zero-order chi connectivity index (χ0) is 11.7. The van der Waals surface area contributed by atoms with Gasteiger partial charge in [-0.3, -0.25) is 0 Å². The van der Waals surface area contributed by atoms with Crippen molar-refractivity contribution < 1.29 is 0 Å². The molecule has 0 heterocycles. The summed E-state index contributed by atoms with van der Waals surface area (Å²) >= 11 is 0. The lowest BCUT2D eigenvalue weighted by Gasteiger charge is -1.91. The fourth-order valence-corrected chi connectivity index (χ4v) is 0.827. The molecular formula is C11H18N4. The highest BCUT2D eigenvalue weighted by atomic mass is 15.3. The molecule has 82 valence electrons. The Morgan fingerprint density at radius 1 is 1.00 bits per heavy atom. The molecule has 4 heteroatoms. The van der Waals surface area contributed by atoms with Crippen molar-refractivity contribution in [2.75, 3.05) is 0 Å². The standard InChI is InChI=1S/C11H18N4/c1-4-6-10(5-2)8-7-9(3)14-15-11(12)13/h4-8H,1-3H3,(H4,12,13,15)/b6-4-,8-7+,10-5+,14-9+. The van der Waals surface area contributed by atoms with Crippen molar-refractivity contribution in [3.63, 3.8) is 0 Å². The van der Waals surface area contributed by atoms with Crippen LogP contribution in [0.4, 0.5) is 0 Å². The zero-order valence-electron chi connectivity index (χ0n) is 9.44. The van der Waals surface area contributed by atoms with E-state index in [1.54, 1.807) is 0 Å². The van der Waals surface area contributed by atoms with Gasteiger partial charge in [0, 0.05) is 0 Å². The smallest absolute Gasteiger partial charge is 0.211 e. The molecule has 0 radical (unpaired) electrons. The van der Waals surface area contributed by atoms with Crippen LogP contribution in [0.25, 0.3) is 0 Å². The zero-order valence-corrected chi connectivity index (χ0v) is 9.44. The minimum atomic E-state index is -0.0394. The van der Waals surface area contributed by atoms with E-state index in [1.807, 2.05) is 51.2 Å². The molecular weight excluding hydrogens is 188 g/mol. The first-order chi connectivity index (χ1) is 7.10. The number of allylic oxidation sites excluding steroid dienone is 6. The van der Waals surface area contributed by atoms with Crippen LogP contribution >= 0.6 is 0 Å². The van der Waals surface area contributed by atoms with Crippen LogP contribution in [-0.4, -0.2) is 11.7 Å². The van der Waals surface area contributed by atoms with Crippen LogP contribution in [-0.2, 0) is 0 Å². The summed E-state index contributed by atoms with van der Waals surface area (Å²) in [6.45, 7) is 5.77. The average Bonchev–Trinajstić information content (AvgIpc) is 2.21. The highest BCUT2D eigenvalue weighted by Crippen LogP contribution is 1.99. The van der Waals surface area contributed by atoms with Crippen molar-refractivity contribution in [3.05, 3.63) is 36.0 Å². The minimum absolute atomic E-state index is 0.0394. The van der Waals surface area contributed by atoms with Crippen LogP contribution in [0, 0.1) is 0 Å². The maximum atomic E-state index is 5.14. The summed E-state index contributed by atoms with van der Waals surface area (Å²) in [5, 5.41) is 7.35. The Morgan fingerprint density at radius 2 is 1.67 bits per heavy atom. The second-order valence-corrected chi connectivity index (χ2v) is 2.89. The number of guanidine groups is 1. The predicted molar refractivity (Wildman–Crippen MR) is 66.6 cm³/mol. The van der Waals surface area contributed by atoms with Crippen LogP contribution in [0.5, 0.6) is 0 Å². The van der Waals surface area contributed by atoms with Gasteiger partial charge in [-0.2, -0.15) is 5.10 Å². The topological polar surface area (TPSA) is 76.8 Å². The molecule has 0 rings (SSSR count). The van der Waals surface area contributed by atoms with Gasteiger partial charge in [0.25, 0.3) is 0 Å². The Bertz CT molecular complexity index is 328. The molecule has 0 aliphatic rings. The maximum Gasteiger partial charge on any atom is 0.211 e. The van der Waals surface area contributed by atoms with Gasteiger partial charge in [0.15, 0.2) is 0 Å². The molecule has 0 aromatic heterocycles. The van der Waals surface area contributed by atoms with Crippen molar-refractivity contribution in [2.45, 2.75) is 20.8 Å². The second-order valence-electron chi connectivity index (χ2n) is 2.89. The SMILES string of the molecule is C\C=C/C(/C=C/C(C)=N/N=C(N)N)=C\C. The molecule has 0 aliphatic heterocycles. The van der Waals surface area contributed by atoms with E-state index in [4.69, 9.17) is 11.5 Å². The third kappa shape index (κ3) is 7.25. The molecule has 0 saturated heterocycles. The second kappa shape index (κ2) is 7.55. The molecule has 15 heavy (non-hydrogen) atoms. The quantitative estimate of drug-likeness (QED) is 0.318. The number of nitrogens with zero attached hydrogens (tertiary/aromatic N) is 2. The van der Waals surface area contributed by atoms with Gasteiger partial charge in [-0.15, -0.1) is 5.10 Å². The lowest BCUT2D eigenvalue weighted by Crippen LogP contribution is -2.21. The van der Waals surface area contributed by atoms with Gasteiger partial charge in [0.05, 0.1) is 5.71 Å². The molecule has 0 spiro atoms. The predicted octanol–water partition coefficient (Wildman–Crippen LogP) is 1.71. The first-order valence-corrected chi connectivity index (χ1v) is 4.70. The molecule has 0 aromatic rings. The van der Waals surface area contributed by atoms with Crippen molar-refractivity contribution in [3.8, 4) is 0 Å². The largest absolute Gasteiger partial charge is 0.369 e. The summed E-state index contributed by atoms with van der Waals surface area (Å²) in [6, 6.07) is 0. The van der Waals surface area contributed by atoms with E-state index in [2.05, 4.69) is 10.2 Å². The fraction of sp³-hybridized carbons (Fsp3) is 0.273. The molecule has 0 unspecified atom stereocenters. The van der Waals surface area contributed by atoms with Gasteiger partial charge in [-0.1, -0.05) is 24.3 Å². The van der Waals surface area contributed by atoms with Gasteiger partial charge in [-0.05, 0) is 32.4 Å². The molecule has 0 atom stereocenters.